The highest BCUT2D eigenvalue weighted by atomic mass is 16.5. The maximum atomic E-state index is 12.6. The van der Waals surface area contributed by atoms with Crippen molar-refractivity contribution in [1.29, 1.82) is 0 Å². The number of hydrogen-bond acceptors (Lipinski definition) is 4. The molecule has 0 atom stereocenters. The number of nitrogens with zero attached hydrogens (tertiary/aromatic N) is 3. The lowest BCUT2D eigenvalue weighted by Gasteiger charge is -2.36. The lowest BCUT2D eigenvalue weighted by Crippen LogP contribution is -2.49. The number of aryl methyl sites for hydroxylation is 1. The Morgan fingerprint density at radius 1 is 1.07 bits per heavy atom. The molecule has 144 valence electrons. The molecule has 2 aromatic carbocycles. The van der Waals surface area contributed by atoms with Crippen molar-refractivity contribution in [2.75, 3.05) is 51.8 Å². The summed E-state index contributed by atoms with van der Waals surface area (Å²) in [5.74, 6) is 0.974. The molecule has 1 saturated heterocycles. The number of carbonyl (C=O) groups excluding carboxylic acids is 1. The highest BCUT2D eigenvalue weighted by Crippen LogP contribution is 2.18. The topological polar surface area (TPSA) is 36.0 Å². The van der Waals surface area contributed by atoms with Crippen LogP contribution in [0.2, 0.25) is 0 Å². The van der Waals surface area contributed by atoms with Gasteiger partial charge < -0.3 is 14.5 Å². The number of likely N-dealkylation sites (N-methyl/N-ethyl adjacent to an activating group) is 1. The molecule has 27 heavy (non-hydrogen) atoms. The summed E-state index contributed by atoms with van der Waals surface area (Å²) in [4.78, 5) is 19.0. The van der Waals surface area contributed by atoms with Crippen LogP contribution in [0.1, 0.15) is 11.1 Å². The molecule has 0 bridgehead atoms. The van der Waals surface area contributed by atoms with Crippen LogP contribution in [0.4, 0.5) is 5.69 Å². The first-order valence-electron chi connectivity index (χ1n) is 9.46. The molecule has 0 aromatic heterocycles. The molecule has 1 heterocycles. The first kappa shape index (κ1) is 19.2. The highest BCUT2D eigenvalue weighted by molar-refractivity contribution is 5.78. The molecule has 2 aromatic rings. The van der Waals surface area contributed by atoms with Crippen LogP contribution in [0.3, 0.4) is 0 Å². The number of methoxy groups -OCH3 is 1. The van der Waals surface area contributed by atoms with Crippen molar-refractivity contribution in [2.45, 2.75) is 13.5 Å². The number of anilines is 1. The summed E-state index contributed by atoms with van der Waals surface area (Å²) in [5.41, 5.74) is 3.63. The Kier molecular flexibility index (Phi) is 6.35. The Hall–Kier alpha value is -2.53. The Morgan fingerprint density at radius 3 is 2.52 bits per heavy atom. The van der Waals surface area contributed by atoms with Gasteiger partial charge in [0.05, 0.1) is 13.7 Å². The molecule has 1 fully saturated rings. The molecule has 5 nitrogen and oxygen atoms in total. The second-order valence-corrected chi connectivity index (χ2v) is 7.20. The summed E-state index contributed by atoms with van der Waals surface area (Å²) in [7, 11) is 3.52. The number of piperazine rings is 1. The van der Waals surface area contributed by atoms with Crippen LogP contribution in [0.15, 0.2) is 48.5 Å². The third-order valence-corrected chi connectivity index (χ3v) is 5.08. The molecule has 1 amide bonds. The molecule has 0 radical (unpaired) electrons. The second-order valence-electron chi connectivity index (χ2n) is 7.20. The van der Waals surface area contributed by atoms with Crippen molar-refractivity contribution < 1.29 is 9.53 Å². The van der Waals surface area contributed by atoms with E-state index in [-0.39, 0.29) is 5.91 Å². The van der Waals surface area contributed by atoms with Crippen molar-refractivity contribution in [3.05, 3.63) is 59.7 Å². The molecule has 0 saturated carbocycles. The van der Waals surface area contributed by atoms with Crippen LogP contribution in [0.5, 0.6) is 5.75 Å². The fourth-order valence-corrected chi connectivity index (χ4v) is 3.43. The Balaban J connectivity index is 1.48. The fourth-order valence-electron chi connectivity index (χ4n) is 3.43. The number of hydrogen-bond donors (Lipinski definition) is 0. The summed E-state index contributed by atoms with van der Waals surface area (Å²) in [6, 6.07) is 16.5. The first-order chi connectivity index (χ1) is 13.0. The Bertz CT molecular complexity index is 770. The van der Waals surface area contributed by atoms with Crippen molar-refractivity contribution in [3.8, 4) is 5.75 Å². The molecular weight excluding hydrogens is 338 g/mol. The molecular formula is C22H29N3O2. The van der Waals surface area contributed by atoms with E-state index < -0.39 is 0 Å². The number of ether oxygens (including phenoxy) is 1. The van der Waals surface area contributed by atoms with Crippen molar-refractivity contribution >= 4 is 11.6 Å². The third-order valence-electron chi connectivity index (χ3n) is 5.08. The fraction of sp³-hybridized carbons (Fsp3) is 0.409. The van der Waals surface area contributed by atoms with Gasteiger partial charge in [-0.2, -0.15) is 0 Å². The van der Waals surface area contributed by atoms with E-state index in [1.165, 1.54) is 11.3 Å². The second kappa shape index (κ2) is 8.91. The van der Waals surface area contributed by atoms with Gasteiger partial charge in [0, 0.05) is 45.5 Å². The molecule has 0 unspecified atom stereocenters. The van der Waals surface area contributed by atoms with Gasteiger partial charge >= 0.3 is 0 Å². The quantitative estimate of drug-likeness (QED) is 0.787. The van der Waals surface area contributed by atoms with Crippen LogP contribution >= 0.6 is 0 Å². The summed E-state index contributed by atoms with van der Waals surface area (Å²) in [5, 5.41) is 0. The maximum absolute atomic E-state index is 12.6. The molecule has 5 heteroatoms. The molecule has 1 aliphatic rings. The van der Waals surface area contributed by atoms with Gasteiger partial charge in [0.2, 0.25) is 5.91 Å². The minimum Gasteiger partial charge on any atom is -0.497 e. The summed E-state index contributed by atoms with van der Waals surface area (Å²) in [6.45, 7) is 6.92. The minimum absolute atomic E-state index is 0.154. The van der Waals surface area contributed by atoms with E-state index in [2.05, 4.69) is 41.0 Å². The van der Waals surface area contributed by atoms with Gasteiger partial charge in [0.15, 0.2) is 0 Å². The van der Waals surface area contributed by atoms with Gasteiger partial charge in [-0.25, -0.2) is 0 Å². The van der Waals surface area contributed by atoms with Gasteiger partial charge in [-0.3, -0.25) is 9.69 Å². The van der Waals surface area contributed by atoms with E-state index in [0.717, 1.165) is 37.5 Å². The van der Waals surface area contributed by atoms with Crippen LogP contribution in [0, 0.1) is 6.92 Å². The summed E-state index contributed by atoms with van der Waals surface area (Å²) >= 11 is 0. The van der Waals surface area contributed by atoms with E-state index in [1.54, 1.807) is 12.0 Å². The maximum Gasteiger partial charge on any atom is 0.236 e. The summed E-state index contributed by atoms with van der Waals surface area (Å²) < 4.78 is 5.26. The van der Waals surface area contributed by atoms with E-state index in [9.17, 15) is 4.79 Å². The van der Waals surface area contributed by atoms with E-state index in [0.29, 0.717) is 13.1 Å². The average Bonchev–Trinajstić information content (AvgIpc) is 2.68. The third kappa shape index (κ3) is 5.23. The van der Waals surface area contributed by atoms with Crippen molar-refractivity contribution in [1.82, 2.24) is 9.80 Å². The van der Waals surface area contributed by atoms with Crippen LogP contribution in [-0.4, -0.2) is 62.6 Å². The number of benzene rings is 2. The summed E-state index contributed by atoms with van der Waals surface area (Å²) in [6.07, 6.45) is 0. The molecule has 3 rings (SSSR count). The smallest absolute Gasteiger partial charge is 0.236 e. The highest BCUT2D eigenvalue weighted by Gasteiger charge is 2.21. The van der Waals surface area contributed by atoms with Gasteiger partial charge in [-0.1, -0.05) is 24.3 Å². The van der Waals surface area contributed by atoms with Crippen LogP contribution < -0.4 is 9.64 Å². The van der Waals surface area contributed by atoms with Gasteiger partial charge in [-0.05, 0) is 42.3 Å². The van der Waals surface area contributed by atoms with E-state index >= 15 is 0 Å². The largest absolute Gasteiger partial charge is 0.497 e. The SMILES string of the molecule is COc1cccc(CN(C)C(=O)CN2CCN(c3cccc(C)c3)CC2)c1. The lowest BCUT2D eigenvalue weighted by molar-refractivity contribution is -0.131. The van der Waals surface area contributed by atoms with Crippen LogP contribution in [0.25, 0.3) is 0 Å². The molecule has 0 N–H and O–H groups in total. The van der Waals surface area contributed by atoms with E-state index in [4.69, 9.17) is 4.74 Å². The van der Waals surface area contributed by atoms with Crippen molar-refractivity contribution in [3.63, 3.8) is 0 Å². The minimum atomic E-state index is 0.154. The predicted molar refractivity (Wildman–Crippen MR) is 109 cm³/mol. The Labute approximate surface area is 162 Å². The molecule has 0 aliphatic carbocycles. The van der Waals surface area contributed by atoms with Gasteiger partial charge in [0.1, 0.15) is 5.75 Å². The van der Waals surface area contributed by atoms with Crippen molar-refractivity contribution in [2.24, 2.45) is 0 Å². The van der Waals surface area contributed by atoms with Gasteiger partial charge in [0.25, 0.3) is 0 Å². The zero-order valence-corrected chi connectivity index (χ0v) is 16.5. The zero-order valence-electron chi connectivity index (χ0n) is 16.5. The number of carbonyl (C=O) groups is 1. The Morgan fingerprint density at radius 2 is 1.81 bits per heavy atom. The monoisotopic (exact) mass is 367 g/mol. The normalized spacial score (nSPS) is 14.9. The first-order valence-corrected chi connectivity index (χ1v) is 9.46. The van der Waals surface area contributed by atoms with Gasteiger partial charge in [-0.15, -0.1) is 0 Å². The van der Waals surface area contributed by atoms with E-state index in [1.807, 2.05) is 31.3 Å². The van der Waals surface area contributed by atoms with Crippen LogP contribution in [-0.2, 0) is 11.3 Å². The lowest BCUT2D eigenvalue weighted by atomic mass is 10.2. The standard InChI is InChI=1S/C22H29N3O2/c1-18-6-4-8-20(14-18)25-12-10-24(11-13-25)17-22(26)23(2)16-19-7-5-9-21(15-19)27-3/h4-9,14-15H,10-13,16-17H2,1-3H3. The molecule has 0 spiro atoms. The zero-order chi connectivity index (χ0) is 19.2. The predicted octanol–water partition coefficient (Wildman–Crippen LogP) is 2.78. The number of amides is 1. The number of rotatable bonds is 6. The molecule has 1 aliphatic heterocycles. The average molecular weight is 367 g/mol.